The molecule has 0 saturated carbocycles. The Morgan fingerprint density at radius 3 is 2.95 bits per heavy atom. The third-order valence-corrected chi connectivity index (χ3v) is 3.90. The maximum atomic E-state index is 12.0. The summed E-state index contributed by atoms with van der Waals surface area (Å²) in [6.07, 6.45) is 2.54. The number of nitrogens with one attached hydrogen (secondary N) is 2. The fourth-order valence-corrected chi connectivity index (χ4v) is 2.59. The zero-order valence-electron chi connectivity index (χ0n) is 12.3. The van der Waals surface area contributed by atoms with Crippen LogP contribution in [0.15, 0.2) is 24.3 Å². The van der Waals surface area contributed by atoms with E-state index in [1.807, 2.05) is 0 Å². The van der Waals surface area contributed by atoms with E-state index in [1.165, 1.54) is 11.1 Å². The van der Waals surface area contributed by atoms with Crippen molar-refractivity contribution in [1.29, 1.82) is 0 Å². The summed E-state index contributed by atoms with van der Waals surface area (Å²) in [6.45, 7) is 6.26. The molecule has 2 unspecified atom stereocenters. The first-order valence-corrected chi connectivity index (χ1v) is 7.21. The fourth-order valence-electron chi connectivity index (χ4n) is 2.59. The highest BCUT2D eigenvalue weighted by atomic mass is 35.5. The topological polar surface area (TPSA) is 41.1 Å². The Balaban J connectivity index is 0.00000200. The second-order valence-electron chi connectivity index (χ2n) is 5.63. The van der Waals surface area contributed by atoms with Gasteiger partial charge in [-0.05, 0) is 37.8 Å². The highest BCUT2D eigenvalue weighted by Crippen LogP contribution is 2.12. The van der Waals surface area contributed by atoms with Crippen LogP contribution in [0.4, 0.5) is 0 Å². The van der Waals surface area contributed by atoms with E-state index in [2.05, 4.69) is 48.7 Å². The molecule has 1 amide bonds. The maximum absolute atomic E-state index is 12.0. The smallest absolute Gasteiger partial charge is 0.220 e. The number of amides is 1. The fraction of sp³-hybridized carbons (Fsp3) is 0.562. The van der Waals surface area contributed by atoms with Crippen LogP contribution in [0.3, 0.4) is 0 Å². The van der Waals surface area contributed by atoms with Gasteiger partial charge in [-0.15, -0.1) is 12.4 Å². The number of hydrogen-bond donors (Lipinski definition) is 2. The maximum Gasteiger partial charge on any atom is 0.220 e. The molecule has 20 heavy (non-hydrogen) atoms. The Morgan fingerprint density at radius 1 is 1.45 bits per heavy atom. The standard InChI is InChI=1S/C16H24N2O.ClH/c1-12-4-3-5-14(10-12)6-7-16(19)18-15-11-17-9-8-13(15)2;/h3-5,10,13,15,17H,6-9,11H2,1-2H3,(H,18,19);1H. The van der Waals surface area contributed by atoms with Crippen LogP contribution in [-0.2, 0) is 11.2 Å². The SMILES string of the molecule is Cc1cccc(CCC(=O)NC2CNCCC2C)c1.Cl. The number of benzene rings is 1. The Bertz CT molecular complexity index is 436. The number of hydrogen-bond acceptors (Lipinski definition) is 2. The molecular formula is C16H25ClN2O. The lowest BCUT2D eigenvalue weighted by Gasteiger charge is -2.30. The zero-order chi connectivity index (χ0) is 13.7. The van der Waals surface area contributed by atoms with Gasteiger partial charge in [-0.1, -0.05) is 36.8 Å². The minimum atomic E-state index is 0. The van der Waals surface area contributed by atoms with Crippen LogP contribution < -0.4 is 10.6 Å². The van der Waals surface area contributed by atoms with Crippen LogP contribution in [0.2, 0.25) is 0 Å². The predicted octanol–water partition coefficient (Wildman–Crippen LogP) is 2.46. The third-order valence-electron chi connectivity index (χ3n) is 3.90. The first-order chi connectivity index (χ1) is 9.15. The van der Waals surface area contributed by atoms with E-state index in [0.29, 0.717) is 18.4 Å². The number of carbonyl (C=O) groups excluding carboxylic acids is 1. The van der Waals surface area contributed by atoms with Gasteiger partial charge in [-0.3, -0.25) is 4.79 Å². The lowest BCUT2D eigenvalue weighted by atomic mass is 9.94. The summed E-state index contributed by atoms with van der Waals surface area (Å²) in [6, 6.07) is 8.66. The molecule has 0 spiro atoms. The van der Waals surface area contributed by atoms with Gasteiger partial charge in [0.2, 0.25) is 5.91 Å². The normalized spacial score (nSPS) is 21.9. The van der Waals surface area contributed by atoms with Crippen LogP contribution in [0.1, 0.15) is 30.9 Å². The Hall–Kier alpha value is -1.06. The molecule has 0 radical (unpaired) electrons. The summed E-state index contributed by atoms with van der Waals surface area (Å²) < 4.78 is 0. The van der Waals surface area contributed by atoms with Gasteiger partial charge in [0.15, 0.2) is 0 Å². The molecule has 1 aliphatic rings. The minimum Gasteiger partial charge on any atom is -0.352 e. The Labute approximate surface area is 127 Å². The zero-order valence-corrected chi connectivity index (χ0v) is 13.1. The van der Waals surface area contributed by atoms with Crippen molar-refractivity contribution in [3.8, 4) is 0 Å². The first kappa shape index (κ1) is 17.0. The van der Waals surface area contributed by atoms with Crippen LogP contribution in [0.25, 0.3) is 0 Å². The van der Waals surface area contributed by atoms with E-state index < -0.39 is 0 Å². The van der Waals surface area contributed by atoms with Crippen molar-refractivity contribution in [1.82, 2.24) is 10.6 Å². The lowest BCUT2D eigenvalue weighted by molar-refractivity contribution is -0.122. The molecular weight excluding hydrogens is 272 g/mol. The second-order valence-corrected chi connectivity index (χ2v) is 5.63. The highest BCUT2D eigenvalue weighted by Gasteiger charge is 2.22. The van der Waals surface area contributed by atoms with E-state index in [1.54, 1.807) is 0 Å². The van der Waals surface area contributed by atoms with E-state index in [-0.39, 0.29) is 18.3 Å². The highest BCUT2D eigenvalue weighted by molar-refractivity contribution is 5.85. The molecule has 0 aromatic heterocycles. The van der Waals surface area contributed by atoms with Crippen molar-refractivity contribution >= 4 is 18.3 Å². The molecule has 0 aliphatic carbocycles. The molecule has 1 heterocycles. The van der Waals surface area contributed by atoms with Crippen LogP contribution in [0.5, 0.6) is 0 Å². The Morgan fingerprint density at radius 2 is 2.25 bits per heavy atom. The number of piperidine rings is 1. The van der Waals surface area contributed by atoms with E-state index >= 15 is 0 Å². The van der Waals surface area contributed by atoms with E-state index in [9.17, 15) is 4.79 Å². The predicted molar refractivity (Wildman–Crippen MR) is 85.3 cm³/mol. The van der Waals surface area contributed by atoms with Crippen molar-refractivity contribution in [3.63, 3.8) is 0 Å². The van der Waals surface area contributed by atoms with Gasteiger partial charge >= 0.3 is 0 Å². The molecule has 1 aliphatic heterocycles. The summed E-state index contributed by atoms with van der Waals surface area (Å²) in [5, 5.41) is 6.49. The molecule has 4 heteroatoms. The van der Waals surface area contributed by atoms with Gasteiger partial charge in [-0.2, -0.15) is 0 Å². The quantitative estimate of drug-likeness (QED) is 0.896. The molecule has 1 aromatic carbocycles. The van der Waals surface area contributed by atoms with Gasteiger partial charge < -0.3 is 10.6 Å². The van der Waals surface area contributed by atoms with E-state index in [0.717, 1.165) is 25.9 Å². The summed E-state index contributed by atoms with van der Waals surface area (Å²) in [7, 11) is 0. The summed E-state index contributed by atoms with van der Waals surface area (Å²) in [5.41, 5.74) is 2.49. The van der Waals surface area contributed by atoms with Crippen molar-refractivity contribution in [3.05, 3.63) is 35.4 Å². The van der Waals surface area contributed by atoms with Gasteiger partial charge in [0.05, 0.1) is 0 Å². The van der Waals surface area contributed by atoms with Crippen molar-refractivity contribution in [2.24, 2.45) is 5.92 Å². The molecule has 2 rings (SSSR count). The molecule has 0 bridgehead atoms. The monoisotopic (exact) mass is 296 g/mol. The first-order valence-electron chi connectivity index (χ1n) is 7.21. The molecule has 2 atom stereocenters. The molecule has 1 fully saturated rings. The summed E-state index contributed by atoms with van der Waals surface area (Å²) in [5.74, 6) is 0.742. The van der Waals surface area contributed by atoms with Gasteiger partial charge in [0.25, 0.3) is 0 Å². The van der Waals surface area contributed by atoms with Crippen LogP contribution in [-0.4, -0.2) is 25.0 Å². The number of carbonyl (C=O) groups is 1. The van der Waals surface area contributed by atoms with Crippen molar-refractivity contribution in [2.75, 3.05) is 13.1 Å². The largest absolute Gasteiger partial charge is 0.352 e. The molecule has 2 N–H and O–H groups in total. The molecule has 3 nitrogen and oxygen atoms in total. The van der Waals surface area contributed by atoms with Crippen LogP contribution in [0, 0.1) is 12.8 Å². The second kappa shape index (κ2) is 8.28. The van der Waals surface area contributed by atoms with Crippen molar-refractivity contribution < 1.29 is 4.79 Å². The summed E-state index contributed by atoms with van der Waals surface area (Å²) >= 11 is 0. The molecule has 1 aromatic rings. The average Bonchev–Trinajstić information content (AvgIpc) is 2.39. The number of halogens is 1. The van der Waals surface area contributed by atoms with Gasteiger partial charge in [-0.25, -0.2) is 0 Å². The molecule has 112 valence electrons. The Kier molecular flexibility index (Phi) is 7.03. The van der Waals surface area contributed by atoms with Gasteiger partial charge in [0.1, 0.15) is 0 Å². The van der Waals surface area contributed by atoms with Crippen LogP contribution >= 0.6 is 12.4 Å². The summed E-state index contributed by atoms with van der Waals surface area (Å²) in [4.78, 5) is 12.0. The number of aryl methyl sites for hydroxylation is 2. The van der Waals surface area contributed by atoms with E-state index in [4.69, 9.17) is 0 Å². The average molecular weight is 297 g/mol. The number of rotatable bonds is 4. The minimum absolute atomic E-state index is 0. The lowest BCUT2D eigenvalue weighted by Crippen LogP contribution is -2.50. The third kappa shape index (κ3) is 5.14. The van der Waals surface area contributed by atoms with Crippen molar-refractivity contribution in [2.45, 2.75) is 39.2 Å². The molecule has 1 saturated heterocycles. The van der Waals surface area contributed by atoms with Gasteiger partial charge in [0, 0.05) is 19.0 Å².